The molecule has 59 heavy (non-hydrogen) atoms. The Balaban J connectivity index is 0.952. The summed E-state index contributed by atoms with van der Waals surface area (Å²) in [7, 11) is -1.00. The van der Waals surface area contributed by atoms with E-state index < -0.39 is 22.7 Å². The van der Waals surface area contributed by atoms with E-state index in [0.717, 1.165) is 124 Å². The molecule has 1 unspecified atom stereocenters. The van der Waals surface area contributed by atoms with Crippen LogP contribution in [-0.4, -0.2) is 98.5 Å². The van der Waals surface area contributed by atoms with Crippen LogP contribution in [0.15, 0.2) is 42.6 Å². The summed E-state index contributed by atoms with van der Waals surface area (Å²) < 4.78 is 21.7. The fraction of sp³-hybridized carbons (Fsp3) is 0.591. The van der Waals surface area contributed by atoms with E-state index in [-0.39, 0.29) is 29.2 Å². The van der Waals surface area contributed by atoms with Gasteiger partial charge < -0.3 is 35.9 Å². The van der Waals surface area contributed by atoms with Gasteiger partial charge in [0.25, 0.3) is 0 Å². The lowest BCUT2D eigenvalue weighted by molar-refractivity contribution is -0.135. The van der Waals surface area contributed by atoms with Crippen LogP contribution in [0.4, 0.5) is 4.79 Å². The summed E-state index contributed by atoms with van der Waals surface area (Å²) in [5.41, 5.74) is 10.4. The maximum Gasteiger partial charge on any atom is 0.407 e. The van der Waals surface area contributed by atoms with E-state index in [1.54, 1.807) is 6.26 Å². The van der Waals surface area contributed by atoms with Gasteiger partial charge in [-0.3, -0.25) is 9.59 Å². The number of likely N-dealkylation sites (tertiary alicyclic amines) is 1. The summed E-state index contributed by atoms with van der Waals surface area (Å²) in [4.78, 5) is 40.3. The highest BCUT2D eigenvalue weighted by Gasteiger charge is 2.48. The second kappa shape index (κ2) is 19.9. The maximum atomic E-state index is 13.5. The van der Waals surface area contributed by atoms with Crippen LogP contribution in [0.2, 0.25) is 5.02 Å². The number of piperidine rings is 2. The average Bonchev–Trinajstić information content (AvgIpc) is 3.58. The van der Waals surface area contributed by atoms with Gasteiger partial charge in [0.1, 0.15) is 10.6 Å². The molecular formula is C44H62ClN7O5S2. The van der Waals surface area contributed by atoms with Crippen LogP contribution >= 0.6 is 23.8 Å². The van der Waals surface area contributed by atoms with E-state index >= 15 is 0 Å². The topological polar surface area (TPSA) is 151 Å². The molecule has 322 valence electrons. The number of hydrogen-bond acceptors (Lipinski definition) is 7. The Kier molecular flexibility index (Phi) is 15.2. The Morgan fingerprint density at radius 2 is 1.71 bits per heavy atom. The quantitative estimate of drug-likeness (QED) is 0.0904. The summed E-state index contributed by atoms with van der Waals surface area (Å²) in [5.74, 6) is 0.154. The van der Waals surface area contributed by atoms with E-state index in [1.807, 2.05) is 49.3 Å². The predicted octanol–water partition coefficient (Wildman–Crippen LogP) is 6.84. The molecule has 3 aromatic rings. The van der Waals surface area contributed by atoms with Crippen LogP contribution in [0.3, 0.4) is 0 Å². The van der Waals surface area contributed by atoms with Crippen molar-refractivity contribution in [2.24, 2.45) is 17.1 Å². The van der Waals surface area contributed by atoms with Crippen molar-refractivity contribution in [3.8, 4) is 11.1 Å². The fourth-order valence-electron chi connectivity index (χ4n) is 8.91. The number of unbranched alkanes of at least 4 members (excludes halogenated alkanes) is 2. The van der Waals surface area contributed by atoms with Crippen LogP contribution in [-0.2, 0) is 31.9 Å². The van der Waals surface area contributed by atoms with Gasteiger partial charge in [-0.1, -0.05) is 60.6 Å². The van der Waals surface area contributed by atoms with Gasteiger partial charge in [0, 0.05) is 86.6 Å². The first-order chi connectivity index (χ1) is 28.1. The third-order valence-corrected chi connectivity index (χ3v) is 14.0. The largest absolute Gasteiger partial charge is 0.444 e. The third-order valence-electron chi connectivity index (χ3n) is 12.2. The first-order valence-corrected chi connectivity index (χ1v) is 23.5. The van der Waals surface area contributed by atoms with Crippen LogP contribution in [0.5, 0.6) is 0 Å². The van der Waals surface area contributed by atoms with Crippen molar-refractivity contribution in [1.29, 1.82) is 0 Å². The third kappa shape index (κ3) is 11.8. The molecule has 5 N–H and O–H groups in total. The van der Waals surface area contributed by atoms with Gasteiger partial charge in [-0.25, -0.2) is 13.3 Å². The van der Waals surface area contributed by atoms with Gasteiger partial charge in [-0.15, -0.1) is 0 Å². The number of rotatable bonds is 16. The van der Waals surface area contributed by atoms with Crippen LogP contribution in [0.1, 0.15) is 102 Å². The molecule has 15 heteroatoms. The highest BCUT2D eigenvalue weighted by molar-refractivity contribution is 7.81. The van der Waals surface area contributed by atoms with Gasteiger partial charge in [0.15, 0.2) is 0 Å². The summed E-state index contributed by atoms with van der Waals surface area (Å²) in [5, 5.41) is 10.7. The van der Waals surface area contributed by atoms with E-state index in [4.69, 9.17) is 34.3 Å². The summed E-state index contributed by atoms with van der Waals surface area (Å²) in [6.45, 7) is 11.3. The monoisotopic (exact) mass is 867 g/mol. The number of nitrogens with one attached hydrogen (secondary N) is 3. The van der Waals surface area contributed by atoms with Gasteiger partial charge in [-0.2, -0.15) is 0 Å². The van der Waals surface area contributed by atoms with Crippen molar-refractivity contribution in [2.45, 2.75) is 103 Å². The minimum atomic E-state index is -1.00. The standard InChI is InChI=1S/C44H62ClN7O5S2/c1-43(2,3)57-42(55)48-18-7-5-6-11-37(53)47-19-24-50-22-16-44(17-23-50)26-33(27-44)41(54)49-28-32-12-13-35-36(30-9-8-10-31(25-30)40(46)58)29-52(39(35)38(32)45)34-14-20-51(21-15-34)59(4)56/h8-10,12-13,25,29,33-34H,5-7,11,14-24,26-28H2,1-4H3,(H2,46,58)(H,47,53)(H,48,55)(H,49,54). The molecule has 12 nitrogen and oxygen atoms in total. The molecule has 3 fully saturated rings. The molecule has 2 aromatic carbocycles. The molecule has 1 atom stereocenters. The zero-order chi connectivity index (χ0) is 42.3. The van der Waals surface area contributed by atoms with Gasteiger partial charge in [0.05, 0.1) is 21.5 Å². The average molecular weight is 869 g/mol. The Morgan fingerprint density at radius 1 is 0.983 bits per heavy atom. The first-order valence-electron chi connectivity index (χ1n) is 21.2. The number of amides is 3. The molecule has 1 saturated carbocycles. The molecule has 0 bridgehead atoms. The predicted molar refractivity (Wildman–Crippen MR) is 241 cm³/mol. The number of benzene rings is 2. The summed E-state index contributed by atoms with van der Waals surface area (Å²) in [6, 6.07) is 12.3. The van der Waals surface area contributed by atoms with Crippen LogP contribution in [0.25, 0.3) is 22.0 Å². The number of thiocarbonyl (C=S) groups is 1. The number of aromatic nitrogens is 1. The normalized spacial score (nSPS) is 18.3. The van der Waals surface area contributed by atoms with Crippen molar-refractivity contribution in [1.82, 2.24) is 29.7 Å². The molecule has 3 heterocycles. The van der Waals surface area contributed by atoms with Gasteiger partial charge in [-0.05, 0) is 108 Å². The highest BCUT2D eigenvalue weighted by Crippen LogP contribution is 2.52. The molecule has 2 saturated heterocycles. The molecule has 3 aliphatic rings. The first kappa shape index (κ1) is 45.0. The van der Waals surface area contributed by atoms with Crippen LogP contribution < -0.4 is 21.7 Å². The van der Waals surface area contributed by atoms with E-state index in [2.05, 4.69) is 43.7 Å². The lowest BCUT2D eigenvalue weighted by Crippen LogP contribution is -2.51. The van der Waals surface area contributed by atoms with Gasteiger partial charge >= 0.3 is 6.09 Å². The van der Waals surface area contributed by atoms with E-state index in [0.29, 0.717) is 36.1 Å². The van der Waals surface area contributed by atoms with Crippen molar-refractivity contribution in [3.05, 3.63) is 58.7 Å². The minimum Gasteiger partial charge on any atom is -0.444 e. The Labute approximate surface area is 362 Å². The molecule has 3 amide bonds. The van der Waals surface area contributed by atoms with Crippen molar-refractivity contribution in [2.75, 3.05) is 52.1 Å². The smallest absolute Gasteiger partial charge is 0.407 e. The minimum absolute atomic E-state index is 0.00194. The number of halogens is 1. The molecule has 0 radical (unpaired) electrons. The molecule has 1 aliphatic carbocycles. The number of nitrogens with two attached hydrogens (primary N) is 1. The number of alkyl carbamates (subject to hydrolysis) is 1. The molecule has 6 rings (SSSR count). The Morgan fingerprint density at radius 3 is 2.39 bits per heavy atom. The van der Waals surface area contributed by atoms with Crippen molar-refractivity contribution in [3.63, 3.8) is 0 Å². The summed E-state index contributed by atoms with van der Waals surface area (Å²) in [6.07, 6.45) is 12.1. The lowest BCUT2D eigenvalue weighted by Gasteiger charge is -2.51. The zero-order valence-corrected chi connectivity index (χ0v) is 37.5. The molecular weight excluding hydrogens is 806 g/mol. The van der Waals surface area contributed by atoms with Crippen molar-refractivity contribution >= 4 is 68.6 Å². The lowest BCUT2D eigenvalue weighted by atomic mass is 9.57. The fourth-order valence-corrected chi connectivity index (χ4v) is 10.1. The Bertz CT molecular complexity index is 2010. The molecule has 1 spiro atoms. The second-order valence-corrected chi connectivity index (χ2v) is 19.8. The number of hydrogen-bond donors (Lipinski definition) is 4. The second-order valence-electron chi connectivity index (χ2n) is 17.7. The number of carbonyl (C=O) groups excluding carboxylic acids is 3. The summed E-state index contributed by atoms with van der Waals surface area (Å²) >= 11 is 12.6. The molecule has 1 aromatic heterocycles. The number of ether oxygens (including phenoxy) is 1. The van der Waals surface area contributed by atoms with E-state index in [9.17, 15) is 18.6 Å². The zero-order valence-electron chi connectivity index (χ0n) is 35.1. The van der Waals surface area contributed by atoms with Crippen LogP contribution in [0, 0.1) is 11.3 Å². The number of fused-ring (bicyclic) bond motifs is 1. The van der Waals surface area contributed by atoms with Gasteiger partial charge in [0.2, 0.25) is 11.8 Å². The maximum absolute atomic E-state index is 13.5. The molecule has 2 aliphatic heterocycles. The SMILES string of the molecule is CS(=O)N1CCC(n2cc(-c3cccc(C(N)=S)c3)c3ccc(CNC(=O)C4CC5(CCN(CCNC(=O)CCCCCNC(=O)OC(C)(C)C)CC5)C4)c(Cl)c32)CC1. The highest BCUT2D eigenvalue weighted by atomic mass is 35.5. The number of nitrogens with zero attached hydrogens (tertiary/aromatic N) is 3. The number of carbonyl (C=O) groups is 3. The van der Waals surface area contributed by atoms with E-state index in [1.165, 1.54) is 0 Å². The van der Waals surface area contributed by atoms with Crippen molar-refractivity contribution < 1.29 is 23.3 Å². The Hall–Kier alpha value is -3.56.